The summed E-state index contributed by atoms with van der Waals surface area (Å²) in [5, 5.41) is 7.81. The highest BCUT2D eigenvalue weighted by Gasteiger charge is 2.24. The molecule has 0 radical (unpaired) electrons. The zero-order chi connectivity index (χ0) is 18.6. The molecule has 0 aliphatic carbocycles. The van der Waals surface area contributed by atoms with Crippen molar-refractivity contribution in [2.24, 2.45) is 5.41 Å². The van der Waals surface area contributed by atoms with Gasteiger partial charge >= 0.3 is 0 Å². The lowest BCUT2D eigenvalue weighted by atomic mass is 9.93. The maximum Gasteiger partial charge on any atom is 0.256 e. The van der Waals surface area contributed by atoms with E-state index in [9.17, 15) is 4.79 Å². The Kier molecular flexibility index (Phi) is 6.25. The number of carbonyl (C=O) groups is 1. The van der Waals surface area contributed by atoms with Crippen LogP contribution >= 0.6 is 11.6 Å². The molecule has 0 unspecified atom stereocenters. The molecule has 136 valence electrons. The van der Waals surface area contributed by atoms with E-state index in [2.05, 4.69) is 29.2 Å². The van der Waals surface area contributed by atoms with E-state index >= 15 is 0 Å². The molecule has 1 aromatic heterocycles. The van der Waals surface area contributed by atoms with Gasteiger partial charge in [-0.1, -0.05) is 55.8 Å². The molecule has 0 atom stereocenters. The largest absolute Gasteiger partial charge is 0.351 e. The second-order valence-electron chi connectivity index (χ2n) is 7.48. The van der Waals surface area contributed by atoms with Gasteiger partial charge in [-0.15, -0.1) is 0 Å². The molecule has 2 rings (SSSR count). The number of carbonyl (C=O) groups excluding carboxylic acids is 1. The van der Waals surface area contributed by atoms with Crippen molar-refractivity contribution in [1.82, 2.24) is 20.0 Å². The number of hydrogen-bond acceptors (Lipinski definition) is 3. The fourth-order valence-corrected chi connectivity index (χ4v) is 3.31. The van der Waals surface area contributed by atoms with Gasteiger partial charge in [0.2, 0.25) is 0 Å². The number of hydrogen-bond donors (Lipinski definition) is 1. The van der Waals surface area contributed by atoms with Gasteiger partial charge in [0.1, 0.15) is 5.15 Å². The highest BCUT2D eigenvalue weighted by Crippen LogP contribution is 2.22. The van der Waals surface area contributed by atoms with E-state index in [1.165, 1.54) is 0 Å². The Bertz CT molecular complexity index is 723. The molecule has 0 bridgehead atoms. The van der Waals surface area contributed by atoms with Crippen molar-refractivity contribution >= 4 is 17.5 Å². The molecule has 1 aromatic carbocycles. The van der Waals surface area contributed by atoms with Gasteiger partial charge in [-0.25, -0.2) is 4.68 Å². The molecule has 25 heavy (non-hydrogen) atoms. The van der Waals surface area contributed by atoms with Crippen LogP contribution < -0.4 is 5.32 Å². The first kappa shape index (κ1) is 19.5. The second kappa shape index (κ2) is 8.02. The zero-order valence-corrected chi connectivity index (χ0v) is 16.4. The van der Waals surface area contributed by atoms with E-state index in [1.807, 2.05) is 51.4 Å². The van der Waals surface area contributed by atoms with Crippen LogP contribution in [0, 0.1) is 12.3 Å². The Labute approximate surface area is 155 Å². The summed E-state index contributed by atoms with van der Waals surface area (Å²) in [7, 11) is 4.05. The topological polar surface area (TPSA) is 50.2 Å². The first-order valence-electron chi connectivity index (χ1n) is 8.39. The average molecular weight is 363 g/mol. The van der Waals surface area contributed by atoms with Crippen LogP contribution in [-0.2, 0) is 6.54 Å². The Hall–Kier alpha value is -1.85. The highest BCUT2D eigenvalue weighted by molar-refractivity contribution is 6.33. The zero-order valence-electron chi connectivity index (χ0n) is 15.6. The van der Waals surface area contributed by atoms with Crippen LogP contribution in [-0.4, -0.2) is 47.8 Å². The third kappa shape index (κ3) is 5.31. The number of aromatic nitrogens is 2. The molecule has 0 aliphatic rings. The van der Waals surface area contributed by atoms with Gasteiger partial charge in [-0.3, -0.25) is 4.79 Å². The summed E-state index contributed by atoms with van der Waals surface area (Å²) in [6.45, 7) is 8.06. The minimum Gasteiger partial charge on any atom is -0.351 e. The standard InChI is InChI=1S/C19H27ClN4O/c1-14-16(18(25)21-12-19(2,3)13-23(4)5)17(20)24(22-14)11-15-9-7-6-8-10-15/h6-10H,11-13H2,1-5H3,(H,21,25). The molecule has 1 amide bonds. The van der Waals surface area contributed by atoms with Crippen LogP contribution in [0.1, 0.15) is 35.5 Å². The lowest BCUT2D eigenvalue weighted by Gasteiger charge is -2.28. The van der Waals surface area contributed by atoms with Crippen LogP contribution in [0.15, 0.2) is 30.3 Å². The van der Waals surface area contributed by atoms with Crippen LogP contribution in [0.25, 0.3) is 0 Å². The van der Waals surface area contributed by atoms with Gasteiger partial charge in [-0.05, 0) is 32.0 Å². The fraction of sp³-hybridized carbons (Fsp3) is 0.474. The minimum absolute atomic E-state index is 0.0282. The summed E-state index contributed by atoms with van der Waals surface area (Å²) < 4.78 is 1.67. The summed E-state index contributed by atoms with van der Waals surface area (Å²) in [5.74, 6) is -0.173. The molecule has 1 heterocycles. The number of benzene rings is 1. The summed E-state index contributed by atoms with van der Waals surface area (Å²) in [4.78, 5) is 14.7. The first-order valence-corrected chi connectivity index (χ1v) is 8.77. The molecule has 5 nitrogen and oxygen atoms in total. The number of rotatable bonds is 7. The van der Waals surface area contributed by atoms with Crippen molar-refractivity contribution in [3.8, 4) is 0 Å². The lowest BCUT2D eigenvalue weighted by molar-refractivity contribution is 0.0928. The van der Waals surface area contributed by atoms with E-state index in [0.717, 1.165) is 12.1 Å². The van der Waals surface area contributed by atoms with Gasteiger partial charge in [0.05, 0.1) is 17.8 Å². The van der Waals surface area contributed by atoms with Crippen molar-refractivity contribution in [2.75, 3.05) is 27.2 Å². The SMILES string of the molecule is Cc1nn(Cc2ccccc2)c(Cl)c1C(=O)NCC(C)(C)CN(C)C. The Balaban J connectivity index is 2.10. The number of aryl methyl sites for hydroxylation is 1. The number of amides is 1. The number of nitrogens with zero attached hydrogens (tertiary/aromatic N) is 3. The normalized spacial score (nSPS) is 11.8. The van der Waals surface area contributed by atoms with Crippen molar-refractivity contribution in [3.05, 3.63) is 52.3 Å². The van der Waals surface area contributed by atoms with Crippen molar-refractivity contribution < 1.29 is 4.79 Å². The van der Waals surface area contributed by atoms with Gasteiger partial charge in [0.15, 0.2) is 0 Å². The highest BCUT2D eigenvalue weighted by atomic mass is 35.5. The molecule has 0 saturated carbocycles. The fourth-order valence-electron chi connectivity index (χ4n) is 2.99. The predicted octanol–water partition coefficient (Wildman–Crippen LogP) is 3.21. The average Bonchev–Trinajstić information content (AvgIpc) is 2.79. The third-order valence-corrected chi connectivity index (χ3v) is 4.32. The summed E-state index contributed by atoms with van der Waals surface area (Å²) in [6.07, 6.45) is 0. The molecular weight excluding hydrogens is 336 g/mol. The number of halogens is 1. The molecule has 0 spiro atoms. The van der Waals surface area contributed by atoms with Crippen LogP contribution in [0.3, 0.4) is 0 Å². The van der Waals surface area contributed by atoms with E-state index in [0.29, 0.717) is 29.5 Å². The molecule has 2 aromatic rings. The van der Waals surface area contributed by atoms with Gasteiger partial charge in [0, 0.05) is 13.1 Å². The Morgan fingerprint density at radius 2 is 1.92 bits per heavy atom. The van der Waals surface area contributed by atoms with Gasteiger partial charge in [-0.2, -0.15) is 5.10 Å². The van der Waals surface area contributed by atoms with Crippen LogP contribution in [0.5, 0.6) is 0 Å². The molecular formula is C19H27ClN4O. The summed E-state index contributed by atoms with van der Waals surface area (Å²) >= 11 is 6.44. The van der Waals surface area contributed by atoms with Gasteiger partial charge in [0.25, 0.3) is 5.91 Å². The van der Waals surface area contributed by atoms with Crippen molar-refractivity contribution in [1.29, 1.82) is 0 Å². The Morgan fingerprint density at radius 1 is 1.28 bits per heavy atom. The maximum absolute atomic E-state index is 12.6. The smallest absolute Gasteiger partial charge is 0.256 e. The second-order valence-corrected chi connectivity index (χ2v) is 7.84. The first-order chi connectivity index (χ1) is 11.7. The monoisotopic (exact) mass is 362 g/mol. The lowest BCUT2D eigenvalue weighted by Crippen LogP contribution is -2.40. The third-order valence-electron chi connectivity index (χ3n) is 3.94. The molecule has 0 saturated heterocycles. The molecule has 1 N–H and O–H groups in total. The van der Waals surface area contributed by atoms with E-state index in [4.69, 9.17) is 11.6 Å². The maximum atomic E-state index is 12.6. The molecule has 0 fully saturated rings. The quantitative estimate of drug-likeness (QED) is 0.822. The van der Waals surface area contributed by atoms with Crippen LogP contribution in [0.4, 0.5) is 0 Å². The van der Waals surface area contributed by atoms with E-state index in [1.54, 1.807) is 4.68 Å². The molecule has 0 aliphatic heterocycles. The predicted molar refractivity (Wildman–Crippen MR) is 102 cm³/mol. The van der Waals surface area contributed by atoms with Crippen molar-refractivity contribution in [3.63, 3.8) is 0 Å². The summed E-state index contributed by atoms with van der Waals surface area (Å²) in [5.41, 5.74) is 2.16. The number of nitrogens with one attached hydrogen (secondary N) is 1. The van der Waals surface area contributed by atoms with Gasteiger partial charge < -0.3 is 10.2 Å². The van der Waals surface area contributed by atoms with E-state index < -0.39 is 0 Å². The summed E-state index contributed by atoms with van der Waals surface area (Å²) in [6, 6.07) is 9.93. The van der Waals surface area contributed by atoms with Crippen molar-refractivity contribution in [2.45, 2.75) is 27.3 Å². The minimum atomic E-state index is -0.173. The van der Waals surface area contributed by atoms with E-state index in [-0.39, 0.29) is 11.3 Å². The molecule has 6 heteroatoms. The Morgan fingerprint density at radius 3 is 2.52 bits per heavy atom. The van der Waals surface area contributed by atoms with Crippen LogP contribution in [0.2, 0.25) is 5.15 Å².